The van der Waals surface area contributed by atoms with Crippen molar-refractivity contribution in [2.24, 2.45) is 0 Å². The van der Waals surface area contributed by atoms with E-state index in [4.69, 9.17) is 9.47 Å². The first-order valence-electron chi connectivity index (χ1n) is 9.91. The van der Waals surface area contributed by atoms with E-state index in [1.165, 1.54) is 0 Å². The summed E-state index contributed by atoms with van der Waals surface area (Å²) in [6.45, 7) is 0.684. The minimum Gasteiger partial charge on any atom is -0.356 e. The molecule has 3 aliphatic rings. The molecule has 2 amide bonds. The quantitative estimate of drug-likeness (QED) is 0.820. The van der Waals surface area contributed by atoms with Crippen molar-refractivity contribution in [2.45, 2.75) is 50.1 Å². The lowest BCUT2D eigenvalue weighted by Gasteiger charge is -2.48. The number of ether oxygens (including phenoxy) is 2. The Hall–Kier alpha value is -2.38. The highest BCUT2D eigenvalue weighted by Gasteiger charge is 2.53. The Kier molecular flexibility index (Phi) is 4.17. The van der Waals surface area contributed by atoms with E-state index in [1.807, 2.05) is 23.1 Å². The number of carbonyl (C=O) groups is 2. The molecule has 1 N–H and O–H groups in total. The number of nitrogens with one attached hydrogen (secondary N) is 1. The minimum atomic E-state index is -0.451. The Balaban J connectivity index is 1.65. The minimum absolute atomic E-state index is 0.0577. The van der Waals surface area contributed by atoms with Gasteiger partial charge in [0.2, 0.25) is 11.8 Å². The van der Waals surface area contributed by atoms with Gasteiger partial charge >= 0.3 is 0 Å². The van der Waals surface area contributed by atoms with Crippen molar-refractivity contribution in [1.82, 2.24) is 14.8 Å². The lowest BCUT2D eigenvalue weighted by Crippen LogP contribution is -2.65. The van der Waals surface area contributed by atoms with Crippen LogP contribution in [0.3, 0.4) is 0 Å². The third-order valence-electron chi connectivity index (χ3n) is 6.55. The number of benzene rings is 1. The van der Waals surface area contributed by atoms with Gasteiger partial charge in [-0.15, -0.1) is 0 Å². The van der Waals surface area contributed by atoms with Crippen molar-refractivity contribution >= 4 is 22.7 Å². The van der Waals surface area contributed by atoms with Crippen LogP contribution >= 0.6 is 0 Å². The van der Waals surface area contributed by atoms with Gasteiger partial charge in [-0.25, -0.2) is 0 Å². The summed E-state index contributed by atoms with van der Waals surface area (Å²) in [6, 6.07) is 7.07. The molecule has 0 saturated carbocycles. The summed E-state index contributed by atoms with van der Waals surface area (Å²) in [5.74, 6) is 0.136. The maximum Gasteiger partial charge on any atom is 0.246 e. The predicted octanol–water partition coefficient (Wildman–Crippen LogP) is 1.98. The first kappa shape index (κ1) is 17.7. The SMILES string of the molecule is COC(C[C@@H]1c2[nH]c3ccccc3c2C[C@H]2C(=O)N3CCC[C@H]3C(=O)N12)OC. The molecule has 2 aromatic rings. The van der Waals surface area contributed by atoms with Gasteiger partial charge in [0.05, 0.1) is 6.04 Å². The zero-order valence-corrected chi connectivity index (χ0v) is 16.2. The summed E-state index contributed by atoms with van der Waals surface area (Å²) in [4.78, 5) is 33.8. The topological polar surface area (TPSA) is 74.9 Å². The molecule has 1 aromatic carbocycles. The number of hydrogen-bond donors (Lipinski definition) is 1. The number of rotatable bonds is 4. The van der Waals surface area contributed by atoms with Crippen molar-refractivity contribution in [1.29, 1.82) is 0 Å². The van der Waals surface area contributed by atoms with Gasteiger partial charge in [-0.1, -0.05) is 18.2 Å². The van der Waals surface area contributed by atoms with E-state index in [0.29, 0.717) is 19.4 Å². The Labute approximate surface area is 163 Å². The maximum atomic E-state index is 13.4. The van der Waals surface area contributed by atoms with Gasteiger partial charge < -0.3 is 24.3 Å². The second kappa shape index (κ2) is 6.60. The van der Waals surface area contributed by atoms with Crippen LogP contribution in [0.5, 0.6) is 0 Å². The van der Waals surface area contributed by atoms with Crippen molar-refractivity contribution in [3.8, 4) is 0 Å². The smallest absolute Gasteiger partial charge is 0.246 e. The van der Waals surface area contributed by atoms with E-state index in [2.05, 4.69) is 11.1 Å². The van der Waals surface area contributed by atoms with Crippen LogP contribution in [0, 0.1) is 0 Å². The molecule has 0 unspecified atom stereocenters. The Morgan fingerprint density at radius 3 is 2.71 bits per heavy atom. The molecule has 2 fully saturated rings. The fraction of sp³-hybridized carbons (Fsp3) is 0.524. The molecule has 0 radical (unpaired) electrons. The molecule has 3 aliphatic heterocycles. The molecular formula is C21H25N3O4. The highest BCUT2D eigenvalue weighted by atomic mass is 16.7. The number of fused-ring (bicyclic) bond motifs is 5. The normalized spacial score (nSPS) is 26.8. The summed E-state index contributed by atoms with van der Waals surface area (Å²) in [5.41, 5.74) is 3.17. The molecule has 2 saturated heterocycles. The molecule has 4 heterocycles. The summed E-state index contributed by atoms with van der Waals surface area (Å²) >= 11 is 0. The standard InChI is InChI=1S/C21H25N3O4/c1-27-18(28-2)11-16-19-13(12-6-3-4-7-14(12)22-19)10-17-20(25)23-9-5-8-15(23)21(26)24(16)17/h3-4,6-7,15-18,22H,5,8-11H2,1-2H3/t15-,16+,17-/m0/s1. The zero-order valence-electron chi connectivity index (χ0n) is 16.2. The van der Waals surface area contributed by atoms with Gasteiger partial charge in [0.25, 0.3) is 0 Å². The van der Waals surface area contributed by atoms with Gasteiger partial charge in [0.15, 0.2) is 6.29 Å². The number of para-hydroxylation sites is 1. The third-order valence-corrected chi connectivity index (χ3v) is 6.55. The van der Waals surface area contributed by atoms with Crippen molar-refractivity contribution in [3.63, 3.8) is 0 Å². The first-order chi connectivity index (χ1) is 13.6. The molecule has 7 heteroatoms. The fourth-order valence-electron chi connectivity index (χ4n) is 5.24. The highest BCUT2D eigenvalue weighted by Crippen LogP contribution is 2.43. The van der Waals surface area contributed by atoms with Gasteiger partial charge in [-0.05, 0) is 24.5 Å². The Morgan fingerprint density at radius 1 is 1.14 bits per heavy atom. The molecule has 0 spiro atoms. The number of aromatic amines is 1. The van der Waals surface area contributed by atoms with E-state index in [1.54, 1.807) is 19.1 Å². The number of carbonyl (C=O) groups excluding carboxylic acids is 2. The van der Waals surface area contributed by atoms with Gasteiger partial charge in [0.1, 0.15) is 12.1 Å². The molecule has 28 heavy (non-hydrogen) atoms. The summed E-state index contributed by atoms with van der Waals surface area (Å²) in [6.07, 6.45) is 2.22. The van der Waals surface area contributed by atoms with Crippen LogP contribution in [-0.2, 0) is 25.5 Å². The van der Waals surface area contributed by atoms with Crippen molar-refractivity contribution < 1.29 is 19.1 Å². The van der Waals surface area contributed by atoms with Gasteiger partial charge in [-0.3, -0.25) is 9.59 Å². The van der Waals surface area contributed by atoms with Crippen LogP contribution in [0.1, 0.15) is 36.6 Å². The summed E-state index contributed by atoms with van der Waals surface area (Å²) in [5, 5.41) is 1.12. The number of piperazine rings is 1. The predicted molar refractivity (Wildman–Crippen MR) is 103 cm³/mol. The van der Waals surface area contributed by atoms with Crippen molar-refractivity contribution in [3.05, 3.63) is 35.5 Å². The van der Waals surface area contributed by atoms with Crippen LogP contribution in [0.2, 0.25) is 0 Å². The number of nitrogens with zero attached hydrogens (tertiary/aromatic N) is 2. The molecule has 7 nitrogen and oxygen atoms in total. The average molecular weight is 383 g/mol. The molecule has 5 rings (SSSR count). The average Bonchev–Trinajstić information content (AvgIpc) is 3.35. The number of methoxy groups -OCH3 is 2. The lowest BCUT2D eigenvalue weighted by atomic mass is 9.86. The van der Waals surface area contributed by atoms with Gasteiger partial charge in [0, 0.05) is 50.2 Å². The molecule has 0 aliphatic carbocycles. The highest BCUT2D eigenvalue weighted by molar-refractivity contribution is 5.99. The second-order valence-corrected chi connectivity index (χ2v) is 7.87. The third kappa shape index (κ3) is 2.42. The molecule has 0 bridgehead atoms. The summed E-state index contributed by atoms with van der Waals surface area (Å²) < 4.78 is 10.9. The molecule has 3 atom stereocenters. The van der Waals surface area contributed by atoms with E-state index in [0.717, 1.165) is 35.0 Å². The second-order valence-electron chi connectivity index (χ2n) is 7.87. The molecule has 148 valence electrons. The molecular weight excluding hydrogens is 358 g/mol. The largest absolute Gasteiger partial charge is 0.356 e. The Bertz CT molecular complexity index is 935. The lowest BCUT2D eigenvalue weighted by molar-refractivity contribution is -0.168. The van der Waals surface area contributed by atoms with E-state index >= 15 is 0 Å². The van der Waals surface area contributed by atoms with E-state index in [-0.39, 0.29) is 23.9 Å². The van der Waals surface area contributed by atoms with Crippen molar-refractivity contribution in [2.75, 3.05) is 20.8 Å². The number of amides is 2. The van der Waals surface area contributed by atoms with Crippen LogP contribution in [0.4, 0.5) is 0 Å². The number of hydrogen-bond acceptors (Lipinski definition) is 4. The fourth-order valence-corrected chi connectivity index (χ4v) is 5.24. The number of H-pyrrole nitrogens is 1. The van der Waals surface area contributed by atoms with Crippen LogP contribution in [-0.4, -0.2) is 65.7 Å². The maximum absolute atomic E-state index is 13.4. The first-order valence-corrected chi connectivity index (χ1v) is 9.91. The number of aromatic nitrogens is 1. The van der Waals surface area contributed by atoms with Crippen LogP contribution in [0.15, 0.2) is 24.3 Å². The van der Waals surface area contributed by atoms with Crippen LogP contribution < -0.4 is 0 Å². The summed E-state index contributed by atoms with van der Waals surface area (Å²) in [7, 11) is 3.20. The Morgan fingerprint density at radius 2 is 1.93 bits per heavy atom. The van der Waals surface area contributed by atoms with E-state index in [9.17, 15) is 9.59 Å². The van der Waals surface area contributed by atoms with Crippen LogP contribution in [0.25, 0.3) is 10.9 Å². The zero-order chi connectivity index (χ0) is 19.4. The molecule has 1 aromatic heterocycles. The van der Waals surface area contributed by atoms with Gasteiger partial charge in [-0.2, -0.15) is 0 Å². The monoisotopic (exact) mass is 383 g/mol. The van der Waals surface area contributed by atoms with E-state index < -0.39 is 12.3 Å².